The predicted molar refractivity (Wildman–Crippen MR) is 240 cm³/mol. The van der Waals surface area contributed by atoms with E-state index in [1.54, 1.807) is 0 Å². The van der Waals surface area contributed by atoms with Gasteiger partial charge >= 0.3 is 19.8 Å². The third-order valence-electron chi connectivity index (χ3n) is 11.3. The van der Waals surface area contributed by atoms with E-state index in [0.717, 1.165) is 64.2 Å². The molecule has 0 aliphatic heterocycles. The average molecular weight is 891 g/mol. The molecule has 0 radical (unpaired) electrons. The van der Waals surface area contributed by atoms with Crippen LogP contribution in [0.2, 0.25) is 0 Å². The second kappa shape index (κ2) is 37.7. The average Bonchev–Trinajstić information content (AvgIpc) is 3.24. The molecule has 1 aliphatic carbocycles. The summed E-state index contributed by atoms with van der Waals surface area (Å²) in [6, 6.07) is 0. The minimum atomic E-state index is -5.11. The van der Waals surface area contributed by atoms with Gasteiger partial charge in [-0.2, -0.15) is 0 Å². The van der Waals surface area contributed by atoms with Crippen LogP contribution < -0.4 is 0 Å². The Bertz CT molecular complexity index is 1170. The summed E-state index contributed by atoms with van der Waals surface area (Å²) in [6.07, 6.45) is 28.0. The lowest BCUT2D eigenvalue weighted by atomic mass is 9.85. The molecule has 13 nitrogen and oxygen atoms in total. The van der Waals surface area contributed by atoms with Crippen molar-refractivity contribution in [2.24, 2.45) is 0 Å². The Morgan fingerprint density at radius 2 is 0.885 bits per heavy atom. The molecule has 1 fully saturated rings. The maximum atomic E-state index is 12.8. The van der Waals surface area contributed by atoms with E-state index in [-0.39, 0.29) is 12.8 Å². The molecule has 0 bridgehead atoms. The lowest BCUT2D eigenvalue weighted by Gasteiger charge is -2.41. The number of hydrogen-bond donors (Lipinski definition) is 6. The first-order valence-corrected chi connectivity index (χ1v) is 25.6. The smallest absolute Gasteiger partial charge is 0.462 e. The number of ether oxygens (including phenoxy) is 2. The molecule has 1 saturated carbocycles. The van der Waals surface area contributed by atoms with Crippen LogP contribution in [0.1, 0.15) is 206 Å². The zero-order chi connectivity index (χ0) is 45.0. The van der Waals surface area contributed by atoms with Crippen molar-refractivity contribution in [2.45, 2.75) is 249 Å². The zero-order valence-electron chi connectivity index (χ0n) is 38.0. The summed E-state index contributed by atoms with van der Waals surface area (Å²) in [5.74, 6) is -1.10. The summed E-state index contributed by atoms with van der Waals surface area (Å²) in [5.41, 5.74) is 0. The van der Waals surface area contributed by atoms with Crippen LogP contribution in [0.5, 0.6) is 0 Å². The van der Waals surface area contributed by atoms with E-state index in [9.17, 15) is 44.6 Å². The number of aliphatic hydroxyl groups is 5. The van der Waals surface area contributed by atoms with Crippen molar-refractivity contribution in [3.05, 3.63) is 24.3 Å². The number of unbranched alkanes of at least 4 members (excludes halogenated alkanes) is 24. The van der Waals surface area contributed by atoms with Crippen LogP contribution in [0, 0.1) is 0 Å². The normalized spacial score (nSPS) is 22.2. The lowest BCUT2D eigenvalue weighted by molar-refractivity contribution is -0.220. The molecule has 6 N–H and O–H groups in total. The van der Waals surface area contributed by atoms with Crippen LogP contribution in [-0.2, 0) is 32.7 Å². The molecule has 61 heavy (non-hydrogen) atoms. The number of hydrogen-bond acceptors (Lipinski definition) is 12. The van der Waals surface area contributed by atoms with Gasteiger partial charge in [0.1, 0.15) is 43.2 Å². The van der Waals surface area contributed by atoms with Crippen molar-refractivity contribution in [1.29, 1.82) is 0 Å². The second-order valence-electron chi connectivity index (χ2n) is 17.0. The van der Waals surface area contributed by atoms with E-state index in [2.05, 4.69) is 38.2 Å². The number of phosphoric acid groups is 1. The summed E-state index contributed by atoms with van der Waals surface area (Å²) in [6.45, 7) is 3.28. The molecule has 1 aliphatic rings. The Labute approximate surface area is 368 Å². The third-order valence-corrected chi connectivity index (χ3v) is 12.3. The molecule has 1 rings (SSSR count). The van der Waals surface area contributed by atoms with Gasteiger partial charge in [-0.1, -0.05) is 173 Å². The Morgan fingerprint density at radius 1 is 0.508 bits per heavy atom. The van der Waals surface area contributed by atoms with Crippen LogP contribution in [0.25, 0.3) is 0 Å². The van der Waals surface area contributed by atoms with E-state index >= 15 is 0 Å². The van der Waals surface area contributed by atoms with Crippen molar-refractivity contribution in [3.63, 3.8) is 0 Å². The molecule has 0 amide bonds. The van der Waals surface area contributed by atoms with Gasteiger partial charge in [0.05, 0.1) is 6.61 Å². The SMILES string of the molecule is CCCCCC=CCC=CCCCCCCCCCCCC(=O)OC[C@H](COP(=O)(O)OC1C(O)C(O)C(O)[C@@H](O)C1O)OC(=O)CCCCCCCCCCCCCCC. The van der Waals surface area contributed by atoms with Gasteiger partial charge in [-0.15, -0.1) is 0 Å². The zero-order valence-corrected chi connectivity index (χ0v) is 38.9. The Kier molecular flexibility index (Phi) is 35.4. The minimum absolute atomic E-state index is 0.1000. The largest absolute Gasteiger partial charge is 0.472 e. The second-order valence-corrected chi connectivity index (χ2v) is 18.4. The predicted octanol–water partition coefficient (Wildman–Crippen LogP) is 9.62. The van der Waals surface area contributed by atoms with Crippen molar-refractivity contribution in [1.82, 2.24) is 0 Å². The highest BCUT2D eigenvalue weighted by molar-refractivity contribution is 7.47. The maximum absolute atomic E-state index is 12.8. The van der Waals surface area contributed by atoms with Crippen LogP contribution in [-0.4, -0.2) is 98.3 Å². The molecule has 358 valence electrons. The summed E-state index contributed by atoms with van der Waals surface area (Å²) >= 11 is 0. The van der Waals surface area contributed by atoms with Gasteiger partial charge in [-0.25, -0.2) is 4.57 Å². The standard InChI is InChI=1S/C47H87O13P/c1-3-5-7-9-11-13-15-17-18-19-20-21-22-24-25-27-29-31-33-35-40(48)57-37-39(38-58-61(55,56)60-47-45(53)43(51)42(50)44(52)46(47)54)59-41(49)36-34-32-30-28-26-23-16-14-12-10-8-6-4-2/h11,13,17-18,39,42-47,50-54H,3-10,12,14-16,19-38H2,1-2H3,(H,55,56)/t39-,42?,43-,44?,45?,46?,47?/m1/s1. The van der Waals surface area contributed by atoms with E-state index < -0.39 is 75.7 Å². The molecule has 0 aromatic heterocycles. The molecule has 0 aromatic carbocycles. The van der Waals surface area contributed by atoms with Crippen molar-refractivity contribution in [3.8, 4) is 0 Å². The summed E-state index contributed by atoms with van der Waals surface area (Å²) < 4.78 is 33.6. The highest BCUT2D eigenvalue weighted by Crippen LogP contribution is 2.47. The highest BCUT2D eigenvalue weighted by Gasteiger charge is 2.51. The Balaban J connectivity index is 2.41. The van der Waals surface area contributed by atoms with E-state index in [1.165, 1.54) is 103 Å². The highest BCUT2D eigenvalue weighted by atomic mass is 31.2. The number of carbonyl (C=O) groups is 2. The molecular formula is C47H87O13P. The Morgan fingerprint density at radius 3 is 1.36 bits per heavy atom. The first kappa shape index (κ1) is 57.3. The van der Waals surface area contributed by atoms with Crippen LogP contribution in [0.4, 0.5) is 0 Å². The van der Waals surface area contributed by atoms with Gasteiger partial charge in [0.25, 0.3) is 0 Å². The molecule has 0 heterocycles. The number of carbonyl (C=O) groups excluding carboxylic acids is 2. The van der Waals surface area contributed by atoms with E-state index in [4.69, 9.17) is 18.5 Å². The topological polar surface area (TPSA) is 210 Å². The van der Waals surface area contributed by atoms with Crippen molar-refractivity contribution >= 4 is 19.8 Å². The summed E-state index contributed by atoms with van der Waals surface area (Å²) in [5, 5.41) is 50.2. The van der Waals surface area contributed by atoms with E-state index in [1.807, 2.05) is 0 Å². The molecule has 0 spiro atoms. The van der Waals surface area contributed by atoms with Gasteiger partial charge in [-0.05, 0) is 44.9 Å². The first-order valence-electron chi connectivity index (χ1n) is 24.1. The van der Waals surface area contributed by atoms with Crippen molar-refractivity contribution in [2.75, 3.05) is 13.2 Å². The molecule has 0 aromatic rings. The first-order chi connectivity index (χ1) is 29.4. The number of phosphoric ester groups is 1. The fraction of sp³-hybridized carbons (Fsp3) is 0.872. The minimum Gasteiger partial charge on any atom is -0.462 e. The molecule has 14 heteroatoms. The van der Waals surface area contributed by atoms with Crippen LogP contribution >= 0.6 is 7.82 Å². The summed E-state index contributed by atoms with van der Waals surface area (Å²) in [7, 11) is -5.11. The van der Waals surface area contributed by atoms with Crippen LogP contribution in [0.15, 0.2) is 24.3 Å². The quantitative estimate of drug-likeness (QED) is 0.0147. The van der Waals surface area contributed by atoms with Crippen molar-refractivity contribution < 1.29 is 63.1 Å². The Hall–Kier alpha value is -1.67. The fourth-order valence-electron chi connectivity index (χ4n) is 7.38. The number of aliphatic hydroxyl groups excluding tert-OH is 5. The monoisotopic (exact) mass is 891 g/mol. The van der Waals surface area contributed by atoms with Crippen LogP contribution in [0.3, 0.4) is 0 Å². The maximum Gasteiger partial charge on any atom is 0.472 e. The van der Waals surface area contributed by atoms with Gasteiger partial charge in [0, 0.05) is 12.8 Å². The number of esters is 2. The van der Waals surface area contributed by atoms with Gasteiger partial charge in [-0.3, -0.25) is 18.6 Å². The van der Waals surface area contributed by atoms with Gasteiger partial charge in [0.15, 0.2) is 6.10 Å². The number of rotatable bonds is 40. The van der Waals surface area contributed by atoms with Gasteiger partial charge < -0.3 is 39.9 Å². The third kappa shape index (κ3) is 30.2. The molecule has 0 saturated heterocycles. The molecular weight excluding hydrogens is 803 g/mol. The molecule has 6 unspecified atom stereocenters. The number of allylic oxidation sites excluding steroid dienone is 4. The fourth-order valence-corrected chi connectivity index (χ4v) is 8.35. The summed E-state index contributed by atoms with van der Waals surface area (Å²) in [4.78, 5) is 35.7. The molecule has 8 atom stereocenters. The van der Waals surface area contributed by atoms with Gasteiger partial charge in [0.2, 0.25) is 0 Å². The van der Waals surface area contributed by atoms with E-state index in [0.29, 0.717) is 12.8 Å². The lowest BCUT2D eigenvalue weighted by Crippen LogP contribution is -2.64.